The summed E-state index contributed by atoms with van der Waals surface area (Å²) in [7, 11) is 1.99. The number of nitrogens with zero attached hydrogens (tertiary/aromatic N) is 2. The molecule has 1 aromatic heterocycles. The molecule has 4 nitrogen and oxygen atoms in total. The lowest BCUT2D eigenvalue weighted by atomic mass is 9.94. The Kier molecular flexibility index (Phi) is 4.19. The molecule has 2 rings (SSSR count). The number of aryl methyl sites for hydroxylation is 2. The maximum Gasteiger partial charge on any atom is 0.0706 e. The Morgan fingerprint density at radius 1 is 1.33 bits per heavy atom. The minimum absolute atomic E-state index is 0.122. The van der Waals surface area contributed by atoms with Crippen LogP contribution in [-0.4, -0.2) is 9.78 Å². The van der Waals surface area contributed by atoms with E-state index in [1.54, 1.807) is 0 Å². The van der Waals surface area contributed by atoms with Crippen LogP contribution in [0.15, 0.2) is 11.6 Å². The van der Waals surface area contributed by atoms with E-state index in [4.69, 9.17) is 5.84 Å². The van der Waals surface area contributed by atoms with E-state index >= 15 is 0 Å². The van der Waals surface area contributed by atoms with E-state index in [0.29, 0.717) is 0 Å². The summed E-state index contributed by atoms with van der Waals surface area (Å²) in [4.78, 5) is 0. The van der Waals surface area contributed by atoms with Gasteiger partial charge in [-0.25, -0.2) is 5.43 Å². The van der Waals surface area contributed by atoms with Crippen LogP contribution in [0.25, 0.3) is 0 Å². The normalized spacial score (nSPS) is 18.3. The van der Waals surface area contributed by atoms with Crippen LogP contribution in [0.5, 0.6) is 0 Å². The largest absolute Gasteiger partial charge is 0.272 e. The van der Waals surface area contributed by atoms with Crippen molar-refractivity contribution in [1.29, 1.82) is 0 Å². The van der Waals surface area contributed by atoms with Crippen molar-refractivity contribution in [2.75, 3.05) is 0 Å². The monoisotopic (exact) mass is 248 g/mol. The van der Waals surface area contributed by atoms with Crippen LogP contribution in [0.4, 0.5) is 0 Å². The first kappa shape index (κ1) is 13.3. The number of hydrazine groups is 1. The molecule has 0 radical (unpaired) electrons. The Bertz CT molecular complexity index is 445. The third-order valence-electron chi connectivity index (χ3n) is 3.97. The molecule has 1 aliphatic rings. The third-order valence-corrected chi connectivity index (χ3v) is 3.97. The van der Waals surface area contributed by atoms with Crippen molar-refractivity contribution in [3.63, 3.8) is 0 Å². The van der Waals surface area contributed by atoms with Crippen LogP contribution in [-0.2, 0) is 7.05 Å². The van der Waals surface area contributed by atoms with Gasteiger partial charge in [0, 0.05) is 18.3 Å². The Balaban J connectivity index is 2.35. The van der Waals surface area contributed by atoms with Gasteiger partial charge in [0.05, 0.1) is 11.7 Å². The van der Waals surface area contributed by atoms with Gasteiger partial charge in [0.25, 0.3) is 0 Å². The van der Waals surface area contributed by atoms with Crippen LogP contribution in [0.3, 0.4) is 0 Å². The Morgan fingerprint density at radius 2 is 2.11 bits per heavy atom. The molecule has 0 amide bonds. The predicted octanol–water partition coefficient (Wildman–Crippen LogP) is 2.43. The van der Waals surface area contributed by atoms with Crippen molar-refractivity contribution in [1.82, 2.24) is 15.2 Å². The summed E-state index contributed by atoms with van der Waals surface area (Å²) in [5.41, 5.74) is 7.93. The van der Waals surface area contributed by atoms with Gasteiger partial charge in [-0.3, -0.25) is 10.5 Å². The fraction of sp³-hybridized carbons (Fsp3) is 0.643. The second-order valence-electron chi connectivity index (χ2n) is 5.19. The van der Waals surface area contributed by atoms with E-state index in [1.807, 2.05) is 11.7 Å². The molecule has 0 saturated carbocycles. The molecular formula is C14H24N4. The molecule has 100 valence electrons. The van der Waals surface area contributed by atoms with Gasteiger partial charge < -0.3 is 0 Å². The van der Waals surface area contributed by atoms with Crippen LogP contribution >= 0.6 is 0 Å². The highest BCUT2D eigenvalue weighted by Crippen LogP contribution is 2.31. The van der Waals surface area contributed by atoms with Crippen molar-refractivity contribution >= 4 is 0 Å². The average molecular weight is 248 g/mol. The van der Waals surface area contributed by atoms with Gasteiger partial charge in [0.15, 0.2) is 0 Å². The zero-order valence-corrected chi connectivity index (χ0v) is 11.7. The first-order chi connectivity index (χ1) is 8.65. The van der Waals surface area contributed by atoms with Crippen LogP contribution < -0.4 is 11.3 Å². The van der Waals surface area contributed by atoms with E-state index in [9.17, 15) is 0 Å². The summed E-state index contributed by atoms with van der Waals surface area (Å²) in [6, 6.07) is 0.122. The quantitative estimate of drug-likeness (QED) is 0.491. The van der Waals surface area contributed by atoms with Crippen molar-refractivity contribution in [3.8, 4) is 0 Å². The topological polar surface area (TPSA) is 55.9 Å². The molecule has 1 unspecified atom stereocenters. The highest BCUT2D eigenvalue weighted by Gasteiger charge is 2.22. The van der Waals surface area contributed by atoms with E-state index in [0.717, 1.165) is 12.1 Å². The van der Waals surface area contributed by atoms with Gasteiger partial charge in [-0.05, 0) is 39.5 Å². The number of allylic oxidation sites excluding steroid dienone is 1. The summed E-state index contributed by atoms with van der Waals surface area (Å²) >= 11 is 0. The van der Waals surface area contributed by atoms with Gasteiger partial charge in [0.1, 0.15) is 0 Å². The molecule has 0 fully saturated rings. The van der Waals surface area contributed by atoms with Gasteiger partial charge in [-0.1, -0.05) is 18.1 Å². The van der Waals surface area contributed by atoms with E-state index in [2.05, 4.69) is 30.4 Å². The molecule has 0 bridgehead atoms. The molecule has 3 N–H and O–H groups in total. The summed E-state index contributed by atoms with van der Waals surface area (Å²) < 4.78 is 1.94. The molecular weight excluding hydrogens is 224 g/mol. The number of nitrogens with one attached hydrogen (secondary N) is 1. The van der Waals surface area contributed by atoms with Crippen molar-refractivity contribution in [3.05, 3.63) is 28.6 Å². The standard InChI is InChI=1S/C14H24N4/c1-10-13(11(2)18(3)17-10)14(16-15)12-8-6-4-5-7-9-12/h8,14,16H,4-7,9,15H2,1-3H3. The second-order valence-corrected chi connectivity index (χ2v) is 5.19. The smallest absolute Gasteiger partial charge is 0.0706 e. The lowest BCUT2D eigenvalue weighted by Crippen LogP contribution is -2.30. The highest BCUT2D eigenvalue weighted by atomic mass is 15.3. The molecule has 0 aliphatic heterocycles. The third kappa shape index (κ3) is 2.49. The molecule has 0 saturated heterocycles. The minimum Gasteiger partial charge on any atom is -0.272 e. The molecule has 0 spiro atoms. The van der Waals surface area contributed by atoms with Crippen LogP contribution in [0, 0.1) is 13.8 Å². The minimum atomic E-state index is 0.122. The van der Waals surface area contributed by atoms with Gasteiger partial charge in [-0.2, -0.15) is 5.10 Å². The molecule has 1 aliphatic carbocycles. The lowest BCUT2D eigenvalue weighted by molar-refractivity contribution is 0.587. The lowest BCUT2D eigenvalue weighted by Gasteiger charge is -2.20. The zero-order chi connectivity index (χ0) is 13.1. The van der Waals surface area contributed by atoms with Crippen molar-refractivity contribution in [2.24, 2.45) is 12.9 Å². The second kappa shape index (κ2) is 5.67. The van der Waals surface area contributed by atoms with Gasteiger partial charge >= 0.3 is 0 Å². The number of nitrogens with two attached hydrogens (primary N) is 1. The van der Waals surface area contributed by atoms with Gasteiger partial charge in [0.2, 0.25) is 0 Å². The van der Waals surface area contributed by atoms with E-state index in [1.165, 1.54) is 42.5 Å². The summed E-state index contributed by atoms with van der Waals surface area (Å²) in [5.74, 6) is 5.81. The maximum absolute atomic E-state index is 5.81. The number of rotatable bonds is 3. The fourth-order valence-corrected chi connectivity index (χ4v) is 2.89. The molecule has 1 atom stereocenters. The first-order valence-corrected chi connectivity index (χ1v) is 6.80. The number of hydrogen-bond acceptors (Lipinski definition) is 3. The zero-order valence-electron chi connectivity index (χ0n) is 11.7. The molecule has 4 heteroatoms. The Morgan fingerprint density at radius 3 is 2.72 bits per heavy atom. The van der Waals surface area contributed by atoms with Crippen molar-refractivity contribution < 1.29 is 0 Å². The van der Waals surface area contributed by atoms with Crippen LogP contribution in [0.2, 0.25) is 0 Å². The summed E-state index contributed by atoms with van der Waals surface area (Å²) in [6.07, 6.45) is 8.56. The summed E-state index contributed by atoms with van der Waals surface area (Å²) in [5, 5.41) is 4.49. The Labute approximate surface area is 109 Å². The van der Waals surface area contributed by atoms with E-state index in [-0.39, 0.29) is 6.04 Å². The van der Waals surface area contributed by atoms with Gasteiger partial charge in [-0.15, -0.1) is 0 Å². The molecule has 1 aromatic rings. The average Bonchev–Trinajstić information content (AvgIpc) is 2.58. The molecule has 0 aromatic carbocycles. The fourth-order valence-electron chi connectivity index (χ4n) is 2.89. The number of hydrogen-bond donors (Lipinski definition) is 2. The highest BCUT2D eigenvalue weighted by molar-refractivity contribution is 5.35. The van der Waals surface area contributed by atoms with Crippen LogP contribution in [0.1, 0.15) is 55.1 Å². The SMILES string of the molecule is Cc1nn(C)c(C)c1C(NN)C1=CCCCCC1. The predicted molar refractivity (Wildman–Crippen MR) is 73.9 cm³/mol. The summed E-state index contributed by atoms with van der Waals surface area (Å²) in [6.45, 7) is 4.17. The maximum atomic E-state index is 5.81. The van der Waals surface area contributed by atoms with E-state index < -0.39 is 0 Å². The molecule has 18 heavy (non-hydrogen) atoms. The molecule has 1 heterocycles. The number of aromatic nitrogens is 2. The first-order valence-electron chi connectivity index (χ1n) is 6.80. The Hall–Kier alpha value is -1.13. The van der Waals surface area contributed by atoms with Crippen molar-refractivity contribution in [2.45, 2.75) is 52.0 Å².